The van der Waals surface area contributed by atoms with Gasteiger partial charge in [-0.15, -0.1) is 11.3 Å². The summed E-state index contributed by atoms with van der Waals surface area (Å²) in [4.78, 5) is 16.7. The molecule has 0 aliphatic heterocycles. The normalized spacial score (nSPS) is 10.4. The second-order valence-electron chi connectivity index (χ2n) is 5.68. The SMILES string of the molecule is COc1ccccc1OCCNC(=O)Cc1csc(-c2cccc(Br)c2)n1. The van der Waals surface area contributed by atoms with Crippen molar-refractivity contribution in [3.05, 3.63) is 64.1 Å². The molecule has 27 heavy (non-hydrogen) atoms. The van der Waals surface area contributed by atoms with Crippen molar-refractivity contribution in [1.29, 1.82) is 0 Å². The van der Waals surface area contributed by atoms with Gasteiger partial charge in [-0.25, -0.2) is 4.98 Å². The van der Waals surface area contributed by atoms with E-state index in [0.717, 1.165) is 20.7 Å². The summed E-state index contributed by atoms with van der Waals surface area (Å²) in [5, 5.41) is 5.67. The number of carbonyl (C=O) groups excluding carboxylic acids is 1. The van der Waals surface area contributed by atoms with Gasteiger partial charge in [0.2, 0.25) is 5.91 Å². The Morgan fingerprint density at radius 1 is 1.19 bits per heavy atom. The summed E-state index contributed by atoms with van der Waals surface area (Å²) >= 11 is 4.99. The topological polar surface area (TPSA) is 60.5 Å². The molecule has 1 amide bonds. The van der Waals surface area contributed by atoms with Crippen LogP contribution in [0.5, 0.6) is 11.5 Å². The lowest BCUT2D eigenvalue weighted by atomic mass is 10.2. The molecule has 1 aromatic heterocycles. The van der Waals surface area contributed by atoms with Gasteiger partial charge in [-0.05, 0) is 24.3 Å². The standard InChI is InChI=1S/C20H19BrN2O3S/c1-25-17-7-2-3-8-18(17)26-10-9-22-19(24)12-16-13-27-20(23-16)14-5-4-6-15(21)11-14/h2-8,11,13H,9-10,12H2,1H3,(H,22,24). The lowest BCUT2D eigenvalue weighted by Gasteiger charge is -2.10. The van der Waals surface area contributed by atoms with E-state index in [1.165, 1.54) is 11.3 Å². The maximum Gasteiger partial charge on any atom is 0.226 e. The van der Waals surface area contributed by atoms with Crippen LogP contribution in [0.1, 0.15) is 5.69 Å². The Balaban J connectivity index is 1.46. The van der Waals surface area contributed by atoms with Crippen LogP contribution in [0.3, 0.4) is 0 Å². The van der Waals surface area contributed by atoms with Crippen LogP contribution >= 0.6 is 27.3 Å². The lowest BCUT2D eigenvalue weighted by molar-refractivity contribution is -0.120. The van der Waals surface area contributed by atoms with Crippen LogP contribution in [-0.2, 0) is 11.2 Å². The minimum atomic E-state index is -0.0790. The Kier molecular flexibility index (Phi) is 6.84. The second kappa shape index (κ2) is 9.53. The number of methoxy groups -OCH3 is 1. The molecule has 0 atom stereocenters. The largest absolute Gasteiger partial charge is 0.493 e. The van der Waals surface area contributed by atoms with Gasteiger partial charge in [0.25, 0.3) is 0 Å². The van der Waals surface area contributed by atoms with E-state index in [-0.39, 0.29) is 12.3 Å². The summed E-state index contributed by atoms with van der Waals surface area (Å²) in [7, 11) is 1.60. The molecule has 0 spiro atoms. The number of halogens is 1. The number of hydrogen-bond donors (Lipinski definition) is 1. The number of para-hydroxylation sites is 2. The smallest absolute Gasteiger partial charge is 0.226 e. The number of ether oxygens (including phenoxy) is 2. The van der Waals surface area contributed by atoms with E-state index in [4.69, 9.17) is 9.47 Å². The Labute approximate surface area is 170 Å². The van der Waals surface area contributed by atoms with Gasteiger partial charge in [-0.1, -0.05) is 40.2 Å². The van der Waals surface area contributed by atoms with Gasteiger partial charge in [0, 0.05) is 15.4 Å². The highest BCUT2D eigenvalue weighted by Gasteiger charge is 2.09. The molecule has 3 aromatic rings. The van der Waals surface area contributed by atoms with Gasteiger partial charge in [-0.3, -0.25) is 4.79 Å². The van der Waals surface area contributed by atoms with Gasteiger partial charge in [0.05, 0.1) is 25.8 Å². The zero-order valence-corrected chi connectivity index (χ0v) is 17.2. The number of carbonyl (C=O) groups is 1. The highest BCUT2D eigenvalue weighted by Crippen LogP contribution is 2.27. The minimum absolute atomic E-state index is 0.0790. The van der Waals surface area contributed by atoms with E-state index in [1.807, 2.05) is 53.9 Å². The first-order valence-electron chi connectivity index (χ1n) is 8.38. The van der Waals surface area contributed by atoms with Crippen molar-refractivity contribution < 1.29 is 14.3 Å². The molecule has 1 heterocycles. The van der Waals surface area contributed by atoms with Crippen molar-refractivity contribution in [2.75, 3.05) is 20.3 Å². The molecule has 1 N–H and O–H groups in total. The van der Waals surface area contributed by atoms with Crippen LogP contribution in [0.2, 0.25) is 0 Å². The van der Waals surface area contributed by atoms with E-state index in [2.05, 4.69) is 26.2 Å². The molecule has 0 aliphatic rings. The number of hydrogen-bond acceptors (Lipinski definition) is 5. The molecule has 5 nitrogen and oxygen atoms in total. The third-order valence-electron chi connectivity index (χ3n) is 3.72. The zero-order chi connectivity index (χ0) is 19.1. The predicted octanol–water partition coefficient (Wildman–Crippen LogP) is 4.32. The fourth-order valence-electron chi connectivity index (χ4n) is 2.46. The maximum absolute atomic E-state index is 12.1. The van der Waals surface area contributed by atoms with Gasteiger partial charge in [-0.2, -0.15) is 0 Å². The molecule has 3 rings (SSSR count). The Hall–Kier alpha value is -2.38. The van der Waals surface area contributed by atoms with Crippen molar-refractivity contribution in [2.45, 2.75) is 6.42 Å². The van der Waals surface area contributed by atoms with E-state index in [1.54, 1.807) is 7.11 Å². The summed E-state index contributed by atoms with van der Waals surface area (Å²) in [5.74, 6) is 1.25. The van der Waals surface area contributed by atoms with Crippen LogP contribution in [0.25, 0.3) is 10.6 Å². The first-order valence-corrected chi connectivity index (χ1v) is 10.1. The lowest BCUT2D eigenvalue weighted by Crippen LogP contribution is -2.29. The molecule has 0 aliphatic carbocycles. The number of rotatable bonds is 8. The van der Waals surface area contributed by atoms with Gasteiger partial charge in [0.1, 0.15) is 11.6 Å². The van der Waals surface area contributed by atoms with Crippen molar-refractivity contribution in [2.24, 2.45) is 0 Å². The average Bonchev–Trinajstić information content (AvgIpc) is 3.14. The first kappa shape index (κ1) is 19.4. The Morgan fingerprint density at radius 2 is 2.00 bits per heavy atom. The second-order valence-corrected chi connectivity index (χ2v) is 7.45. The molecule has 0 fully saturated rings. The van der Waals surface area contributed by atoms with Crippen LogP contribution in [-0.4, -0.2) is 31.2 Å². The number of amides is 1. The zero-order valence-electron chi connectivity index (χ0n) is 14.8. The number of thiazole rings is 1. The molecule has 7 heteroatoms. The van der Waals surface area contributed by atoms with Crippen molar-refractivity contribution in [3.8, 4) is 22.1 Å². The van der Waals surface area contributed by atoms with E-state index in [9.17, 15) is 4.79 Å². The monoisotopic (exact) mass is 446 g/mol. The molecule has 2 aromatic carbocycles. The number of nitrogens with one attached hydrogen (secondary N) is 1. The van der Waals surface area contributed by atoms with Crippen molar-refractivity contribution in [1.82, 2.24) is 10.3 Å². The fourth-order valence-corrected chi connectivity index (χ4v) is 3.67. The number of aromatic nitrogens is 1. The predicted molar refractivity (Wildman–Crippen MR) is 110 cm³/mol. The summed E-state index contributed by atoms with van der Waals surface area (Å²) in [6.07, 6.45) is 0.249. The highest BCUT2D eigenvalue weighted by atomic mass is 79.9. The van der Waals surface area contributed by atoms with Gasteiger partial charge >= 0.3 is 0 Å². The number of benzene rings is 2. The molecule has 0 radical (unpaired) electrons. The maximum atomic E-state index is 12.1. The molecule has 140 valence electrons. The quantitative estimate of drug-likeness (QED) is 0.523. The van der Waals surface area contributed by atoms with Crippen molar-refractivity contribution in [3.63, 3.8) is 0 Å². The van der Waals surface area contributed by atoms with Gasteiger partial charge < -0.3 is 14.8 Å². The van der Waals surface area contributed by atoms with Crippen LogP contribution < -0.4 is 14.8 Å². The van der Waals surface area contributed by atoms with Crippen LogP contribution in [0.15, 0.2) is 58.4 Å². The minimum Gasteiger partial charge on any atom is -0.493 e. The average molecular weight is 447 g/mol. The third-order valence-corrected chi connectivity index (χ3v) is 5.15. The van der Waals surface area contributed by atoms with Crippen LogP contribution in [0.4, 0.5) is 0 Å². The van der Waals surface area contributed by atoms with Gasteiger partial charge in [0.15, 0.2) is 11.5 Å². The van der Waals surface area contributed by atoms with E-state index >= 15 is 0 Å². The molecular weight excluding hydrogens is 428 g/mol. The van der Waals surface area contributed by atoms with E-state index < -0.39 is 0 Å². The third kappa shape index (κ3) is 5.55. The molecule has 0 bridgehead atoms. The van der Waals surface area contributed by atoms with E-state index in [0.29, 0.717) is 24.7 Å². The first-order chi connectivity index (χ1) is 13.2. The molecule has 0 unspecified atom stereocenters. The molecule has 0 saturated carbocycles. The highest BCUT2D eigenvalue weighted by molar-refractivity contribution is 9.10. The summed E-state index contributed by atoms with van der Waals surface area (Å²) < 4.78 is 11.9. The summed E-state index contributed by atoms with van der Waals surface area (Å²) in [6, 6.07) is 15.4. The Morgan fingerprint density at radius 3 is 2.78 bits per heavy atom. The summed E-state index contributed by atoms with van der Waals surface area (Å²) in [6.45, 7) is 0.784. The fraction of sp³-hybridized carbons (Fsp3) is 0.200. The molecular formula is C20H19BrN2O3S. The number of nitrogens with zero attached hydrogens (tertiary/aromatic N) is 1. The van der Waals surface area contributed by atoms with Crippen LogP contribution in [0, 0.1) is 0 Å². The summed E-state index contributed by atoms with van der Waals surface area (Å²) in [5.41, 5.74) is 1.80. The Bertz CT molecular complexity index is 914. The van der Waals surface area contributed by atoms with Crippen molar-refractivity contribution >= 4 is 33.2 Å². The molecule has 0 saturated heterocycles.